The quantitative estimate of drug-likeness (QED) is 0.639. The molecule has 3 aromatic rings. The number of nitrogen functional groups attached to an aromatic ring is 1. The molecule has 6 nitrogen and oxygen atoms in total. The van der Waals surface area contributed by atoms with Crippen molar-refractivity contribution in [3.63, 3.8) is 0 Å². The van der Waals surface area contributed by atoms with Gasteiger partial charge < -0.3 is 16.0 Å². The number of hydrogen-bond donors (Lipinski definition) is 2. The van der Waals surface area contributed by atoms with Gasteiger partial charge in [-0.3, -0.25) is 4.79 Å². The van der Waals surface area contributed by atoms with Gasteiger partial charge in [0.25, 0.3) is 0 Å². The zero-order valence-corrected chi connectivity index (χ0v) is 16.4. The Kier molecular flexibility index (Phi) is 6.13. The molecule has 1 aromatic carbocycles. The van der Waals surface area contributed by atoms with E-state index in [1.54, 1.807) is 17.7 Å². The molecule has 142 valence electrons. The van der Waals surface area contributed by atoms with Crippen LogP contribution in [-0.4, -0.2) is 35.0 Å². The number of nitrogens with one attached hydrogen (secondary N) is 1. The standard InChI is InChI=1S/C19H21N5OS.ClH/c20-14-5-3-13(4-6-14)7-9-21-18(25)16-2-1-10-24(16)17-15-8-11-26-19(15)23-12-22-17;/h3-6,8,11-12,16H,1-2,7,9-10,20H2,(H,21,25);1H. The number of carbonyl (C=O) groups is 1. The van der Waals surface area contributed by atoms with E-state index >= 15 is 0 Å². The second-order valence-electron chi connectivity index (χ2n) is 6.47. The molecular formula is C19H22ClN5OS. The number of benzene rings is 1. The molecule has 3 N–H and O–H groups in total. The predicted octanol–water partition coefficient (Wildman–Crippen LogP) is 3.02. The summed E-state index contributed by atoms with van der Waals surface area (Å²) in [6, 6.07) is 9.63. The molecule has 1 fully saturated rings. The first kappa shape index (κ1) is 19.4. The van der Waals surface area contributed by atoms with Crippen molar-refractivity contribution >= 4 is 51.4 Å². The van der Waals surface area contributed by atoms with Crippen molar-refractivity contribution < 1.29 is 4.79 Å². The van der Waals surface area contributed by atoms with Gasteiger partial charge >= 0.3 is 0 Å². The lowest BCUT2D eigenvalue weighted by Gasteiger charge is -2.25. The highest BCUT2D eigenvalue weighted by atomic mass is 35.5. The highest BCUT2D eigenvalue weighted by Gasteiger charge is 2.32. The maximum absolute atomic E-state index is 12.7. The number of carbonyl (C=O) groups excluding carboxylic acids is 1. The summed E-state index contributed by atoms with van der Waals surface area (Å²) in [7, 11) is 0. The summed E-state index contributed by atoms with van der Waals surface area (Å²) in [6.45, 7) is 1.46. The van der Waals surface area contributed by atoms with Crippen LogP contribution in [0, 0.1) is 0 Å². The van der Waals surface area contributed by atoms with Crippen LogP contribution < -0.4 is 16.0 Å². The lowest BCUT2D eigenvalue weighted by atomic mass is 10.1. The second-order valence-corrected chi connectivity index (χ2v) is 7.37. The van der Waals surface area contributed by atoms with Gasteiger partial charge in [-0.15, -0.1) is 23.7 Å². The van der Waals surface area contributed by atoms with E-state index in [9.17, 15) is 4.79 Å². The number of anilines is 2. The number of hydrogen-bond acceptors (Lipinski definition) is 6. The van der Waals surface area contributed by atoms with Crippen molar-refractivity contribution in [2.45, 2.75) is 25.3 Å². The third-order valence-corrected chi connectivity index (χ3v) is 5.58. The number of fused-ring (bicyclic) bond motifs is 1. The largest absolute Gasteiger partial charge is 0.399 e. The average Bonchev–Trinajstić information content (AvgIpc) is 3.32. The Balaban J connectivity index is 0.00000210. The van der Waals surface area contributed by atoms with Crippen LogP contribution in [-0.2, 0) is 11.2 Å². The summed E-state index contributed by atoms with van der Waals surface area (Å²) < 4.78 is 0. The van der Waals surface area contributed by atoms with Crippen LogP contribution in [0.25, 0.3) is 10.2 Å². The molecule has 1 unspecified atom stereocenters. The molecule has 0 saturated carbocycles. The van der Waals surface area contributed by atoms with Crippen LogP contribution in [0.15, 0.2) is 42.0 Å². The van der Waals surface area contributed by atoms with Crippen molar-refractivity contribution in [1.29, 1.82) is 0 Å². The third kappa shape index (κ3) is 4.14. The molecule has 3 heterocycles. The van der Waals surface area contributed by atoms with Crippen LogP contribution >= 0.6 is 23.7 Å². The molecule has 1 amide bonds. The summed E-state index contributed by atoms with van der Waals surface area (Å²) >= 11 is 1.60. The van der Waals surface area contributed by atoms with E-state index < -0.39 is 0 Å². The van der Waals surface area contributed by atoms with Gasteiger partial charge in [-0.25, -0.2) is 9.97 Å². The van der Waals surface area contributed by atoms with Crippen molar-refractivity contribution in [2.75, 3.05) is 23.7 Å². The number of nitrogens with zero attached hydrogens (tertiary/aromatic N) is 3. The van der Waals surface area contributed by atoms with Crippen LogP contribution in [0.1, 0.15) is 18.4 Å². The van der Waals surface area contributed by atoms with Crippen molar-refractivity contribution in [1.82, 2.24) is 15.3 Å². The monoisotopic (exact) mass is 403 g/mol. The molecule has 1 atom stereocenters. The number of amides is 1. The summed E-state index contributed by atoms with van der Waals surface area (Å²) in [6.07, 6.45) is 4.22. The first-order valence-electron chi connectivity index (χ1n) is 8.79. The fourth-order valence-corrected chi connectivity index (χ4v) is 4.16. The first-order chi connectivity index (χ1) is 12.7. The Labute approximate surface area is 168 Å². The Hall–Kier alpha value is -2.38. The summed E-state index contributed by atoms with van der Waals surface area (Å²) in [5.74, 6) is 0.937. The SMILES string of the molecule is Cl.Nc1ccc(CCNC(=O)C2CCCN2c2ncnc3sccc23)cc1. The van der Waals surface area contributed by atoms with E-state index in [0.717, 1.165) is 47.5 Å². The van der Waals surface area contributed by atoms with E-state index in [1.807, 2.05) is 35.7 Å². The molecule has 8 heteroatoms. The average molecular weight is 404 g/mol. The highest BCUT2D eigenvalue weighted by molar-refractivity contribution is 7.16. The second kappa shape index (κ2) is 8.54. The topological polar surface area (TPSA) is 84.1 Å². The van der Waals surface area contributed by atoms with Gasteiger partial charge in [0.1, 0.15) is 23.0 Å². The molecule has 0 radical (unpaired) electrons. The number of rotatable bonds is 5. The van der Waals surface area contributed by atoms with Crippen LogP contribution in [0.3, 0.4) is 0 Å². The zero-order valence-electron chi connectivity index (χ0n) is 14.8. The Morgan fingerprint density at radius 1 is 1.26 bits per heavy atom. The summed E-state index contributed by atoms with van der Waals surface area (Å²) in [5, 5.41) is 6.12. The summed E-state index contributed by atoms with van der Waals surface area (Å²) in [4.78, 5) is 24.6. The Morgan fingerprint density at radius 3 is 2.89 bits per heavy atom. The van der Waals surface area contributed by atoms with Gasteiger partial charge in [0.2, 0.25) is 5.91 Å². The molecule has 4 rings (SSSR count). The molecule has 1 aliphatic rings. The van der Waals surface area contributed by atoms with E-state index in [4.69, 9.17) is 5.73 Å². The maximum atomic E-state index is 12.7. The Morgan fingerprint density at radius 2 is 2.07 bits per heavy atom. The van der Waals surface area contributed by atoms with E-state index in [0.29, 0.717) is 6.54 Å². The number of halogens is 1. The highest BCUT2D eigenvalue weighted by Crippen LogP contribution is 2.31. The predicted molar refractivity (Wildman–Crippen MR) is 113 cm³/mol. The number of nitrogens with two attached hydrogens (primary N) is 1. The van der Waals surface area contributed by atoms with E-state index in [-0.39, 0.29) is 24.4 Å². The molecule has 1 aliphatic heterocycles. The molecule has 27 heavy (non-hydrogen) atoms. The molecule has 0 aliphatic carbocycles. The van der Waals surface area contributed by atoms with Gasteiger partial charge in [0.05, 0.1) is 5.39 Å². The normalized spacial score (nSPS) is 16.3. The minimum absolute atomic E-state index is 0. The third-order valence-electron chi connectivity index (χ3n) is 4.76. The van der Waals surface area contributed by atoms with Gasteiger partial charge in [0.15, 0.2) is 0 Å². The van der Waals surface area contributed by atoms with Crippen molar-refractivity contribution in [3.8, 4) is 0 Å². The van der Waals surface area contributed by atoms with Crippen molar-refractivity contribution in [3.05, 3.63) is 47.6 Å². The molecule has 1 saturated heterocycles. The van der Waals surface area contributed by atoms with Crippen molar-refractivity contribution in [2.24, 2.45) is 0 Å². The maximum Gasteiger partial charge on any atom is 0.242 e. The smallest absolute Gasteiger partial charge is 0.242 e. The van der Waals surface area contributed by atoms with Gasteiger partial charge in [-0.2, -0.15) is 0 Å². The van der Waals surface area contributed by atoms with Crippen LogP contribution in [0.5, 0.6) is 0 Å². The fourth-order valence-electron chi connectivity index (χ4n) is 3.43. The van der Waals surface area contributed by atoms with E-state index in [1.165, 1.54) is 5.56 Å². The molecular weight excluding hydrogens is 382 g/mol. The van der Waals surface area contributed by atoms with Gasteiger partial charge in [-0.05, 0) is 48.4 Å². The summed E-state index contributed by atoms with van der Waals surface area (Å²) in [5.41, 5.74) is 7.62. The van der Waals surface area contributed by atoms with E-state index in [2.05, 4.69) is 20.2 Å². The number of aromatic nitrogens is 2. The molecule has 0 bridgehead atoms. The van der Waals surface area contributed by atoms with Gasteiger partial charge in [0, 0.05) is 18.8 Å². The lowest BCUT2D eigenvalue weighted by Crippen LogP contribution is -2.44. The fraction of sp³-hybridized carbons (Fsp3) is 0.316. The lowest BCUT2D eigenvalue weighted by molar-refractivity contribution is -0.122. The van der Waals surface area contributed by atoms with Crippen LogP contribution in [0.2, 0.25) is 0 Å². The minimum Gasteiger partial charge on any atom is -0.399 e. The molecule has 2 aromatic heterocycles. The molecule has 0 spiro atoms. The number of thiophene rings is 1. The minimum atomic E-state index is -0.167. The Bertz CT molecular complexity index is 914. The van der Waals surface area contributed by atoms with Crippen LogP contribution in [0.4, 0.5) is 11.5 Å². The first-order valence-corrected chi connectivity index (χ1v) is 9.67. The zero-order chi connectivity index (χ0) is 17.9. The van der Waals surface area contributed by atoms with Gasteiger partial charge in [-0.1, -0.05) is 12.1 Å².